The molecule has 1 saturated heterocycles. The highest BCUT2D eigenvalue weighted by Crippen LogP contribution is 2.40. The van der Waals surface area contributed by atoms with Crippen molar-refractivity contribution in [3.8, 4) is 0 Å². The molecule has 0 bridgehead atoms. The number of H-pyrrole nitrogens is 1. The Labute approximate surface area is 255 Å². The molecule has 3 heterocycles. The number of hydrogen-bond acceptors (Lipinski definition) is 8. The molecule has 0 unspecified atom stereocenters. The summed E-state index contributed by atoms with van der Waals surface area (Å²) in [5, 5.41) is 11.6. The quantitative estimate of drug-likeness (QED) is 0.240. The maximum Gasteiger partial charge on any atom is 0.409 e. The van der Waals surface area contributed by atoms with Crippen molar-refractivity contribution >= 4 is 29.5 Å². The van der Waals surface area contributed by atoms with Crippen molar-refractivity contribution < 1.29 is 23.0 Å². The molecule has 234 valence electrons. The summed E-state index contributed by atoms with van der Waals surface area (Å²) in [7, 11) is 3.08. The van der Waals surface area contributed by atoms with Gasteiger partial charge in [-0.05, 0) is 84.9 Å². The van der Waals surface area contributed by atoms with Gasteiger partial charge < -0.3 is 35.8 Å². The van der Waals surface area contributed by atoms with Gasteiger partial charge in [-0.3, -0.25) is 4.98 Å². The molecule has 5 rings (SSSR count). The monoisotopic (exact) mass is 607 g/mol. The van der Waals surface area contributed by atoms with E-state index in [0.29, 0.717) is 49.7 Å². The van der Waals surface area contributed by atoms with Gasteiger partial charge in [-0.1, -0.05) is 6.92 Å². The van der Waals surface area contributed by atoms with Crippen LogP contribution in [0.15, 0.2) is 42.9 Å². The van der Waals surface area contributed by atoms with Crippen LogP contribution in [0.1, 0.15) is 66.8 Å². The van der Waals surface area contributed by atoms with E-state index in [4.69, 9.17) is 20.6 Å². The number of nitrogens with one attached hydrogen (secondary N) is 3. The maximum atomic E-state index is 14.9. The lowest BCUT2D eigenvalue weighted by atomic mass is 9.73. The van der Waals surface area contributed by atoms with E-state index in [0.717, 1.165) is 17.7 Å². The number of pyridine rings is 1. The number of imidazole rings is 1. The zero-order valence-electron chi connectivity index (χ0n) is 25.1. The van der Waals surface area contributed by atoms with Crippen molar-refractivity contribution in [1.29, 1.82) is 5.41 Å². The SMILES string of the molecule is COC(=O)N(C)[C@@H]1[C@H](N)C[C@H](c2ccncc2Nc2ncc(/C=C\C(=N)c3c(F)cc(C4CCOCC4)cc3F)[nH]2)C[C@@H]1C. The molecule has 5 N–H and O–H groups in total. The van der Waals surface area contributed by atoms with E-state index in [1.165, 1.54) is 25.3 Å². The molecule has 1 amide bonds. The van der Waals surface area contributed by atoms with E-state index in [1.54, 1.807) is 36.6 Å². The van der Waals surface area contributed by atoms with Crippen LogP contribution >= 0.6 is 0 Å². The first kappa shape index (κ1) is 31.3. The van der Waals surface area contributed by atoms with Gasteiger partial charge in [-0.2, -0.15) is 0 Å². The molecule has 0 spiro atoms. The summed E-state index contributed by atoms with van der Waals surface area (Å²) in [6.07, 6.45) is 10.4. The van der Waals surface area contributed by atoms with Crippen molar-refractivity contribution in [3.05, 3.63) is 76.9 Å². The lowest BCUT2D eigenvalue weighted by Gasteiger charge is -2.43. The third kappa shape index (κ3) is 6.81. The highest BCUT2D eigenvalue weighted by molar-refractivity contribution is 6.09. The fourth-order valence-corrected chi connectivity index (χ4v) is 6.61. The minimum atomic E-state index is -0.753. The predicted octanol–water partition coefficient (Wildman–Crippen LogP) is 5.71. The number of nitrogens with two attached hydrogens (primary N) is 1. The Morgan fingerprint density at radius 2 is 1.93 bits per heavy atom. The molecule has 1 aliphatic heterocycles. The summed E-state index contributed by atoms with van der Waals surface area (Å²) in [6.45, 7) is 3.23. The molecule has 1 aromatic carbocycles. The first-order valence-electron chi connectivity index (χ1n) is 14.8. The van der Waals surface area contributed by atoms with Crippen molar-refractivity contribution in [2.45, 2.75) is 56.5 Å². The molecular formula is C32H39F2N7O3. The number of ether oxygens (including phenoxy) is 2. The van der Waals surface area contributed by atoms with Crippen LogP contribution in [-0.4, -0.2) is 71.1 Å². The molecule has 2 aliphatic rings. The topological polar surface area (TPSA) is 142 Å². The molecule has 1 saturated carbocycles. The molecule has 3 aromatic rings. The van der Waals surface area contributed by atoms with Crippen LogP contribution in [0, 0.1) is 23.0 Å². The number of hydrogen-bond donors (Lipinski definition) is 4. The van der Waals surface area contributed by atoms with E-state index in [9.17, 15) is 13.6 Å². The van der Waals surface area contributed by atoms with Crippen LogP contribution in [-0.2, 0) is 9.47 Å². The van der Waals surface area contributed by atoms with Gasteiger partial charge >= 0.3 is 6.09 Å². The van der Waals surface area contributed by atoms with E-state index in [2.05, 4.69) is 27.2 Å². The molecule has 2 fully saturated rings. The number of amides is 1. The first-order chi connectivity index (χ1) is 21.2. The Balaban J connectivity index is 1.26. The number of carbonyl (C=O) groups excluding carboxylic acids is 1. The van der Waals surface area contributed by atoms with Crippen molar-refractivity contribution in [1.82, 2.24) is 19.9 Å². The first-order valence-corrected chi connectivity index (χ1v) is 14.8. The van der Waals surface area contributed by atoms with Crippen molar-refractivity contribution in [2.24, 2.45) is 11.7 Å². The van der Waals surface area contributed by atoms with E-state index >= 15 is 0 Å². The lowest BCUT2D eigenvalue weighted by molar-refractivity contribution is 0.0778. The van der Waals surface area contributed by atoms with Crippen LogP contribution in [0.4, 0.5) is 25.2 Å². The normalized spacial score (nSPS) is 22.6. The zero-order valence-corrected chi connectivity index (χ0v) is 25.1. The Morgan fingerprint density at radius 3 is 2.61 bits per heavy atom. The summed E-state index contributed by atoms with van der Waals surface area (Å²) in [5.41, 5.74) is 8.87. The van der Waals surface area contributed by atoms with Gasteiger partial charge in [-0.25, -0.2) is 18.6 Å². The molecule has 0 radical (unpaired) electrons. The largest absolute Gasteiger partial charge is 0.453 e. The number of likely N-dealkylation sites (N-methyl/N-ethyl adjacent to an activating group) is 1. The zero-order chi connectivity index (χ0) is 31.4. The summed E-state index contributed by atoms with van der Waals surface area (Å²) in [5.74, 6) is -0.747. The number of aromatic amines is 1. The van der Waals surface area contributed by atoms with Gasteiger partial charge in [0.2, 0.25) is 5.95 Å². The molecule has 10 nitrogen and oxygen atoms in total. The third-order valence-corrected chi connectivity index (χ3v) is 8.74. The summed E-state index contributed by atoms with van der Waals surface area (Å²) in [4.78, 5) is 25.5. The van der Waals surface area contributed by atoms with Crippen molar-refractivity contribution in [2.75, 3.05) is 32.7 Å². The Kier molecular flexibility index (Phi) is 9.70. The van der Waals surface area contributed by atoms with Crippen LogP contribution in [0.25, 0.3) is 6.08 Å². The molecule has 44 heavy (non-hydrogen) atoms. The maximum absolute atomic E-state index is 14.9. The van der Waals surface area contributed by atoms with Crippen LogP contribution < -0.4 is 11.1 Å². The molecule has 2 aromatic heterocycles. The highest BCUT2D eigenvalue weighted by Gasteiger charge is 2.39. The average Bonchev–Trinajstić information content (AvgIpc) is 3.46. The minimum absolute atomic E-state index is 0.0474. The third-order valence-electron chi connectivity index (χ3n) is 8.74. The van der Waals surface area contributed by atoms with Gasteiger partial charge in [0.1, 0.15) is 11.6 Å². The van der Waals surface area contributed by atoms with Gasteiger partial charge in [0.05, 0.1) is 48.2 Å². The number of anilines is 2. The minimum Gasteiger partial charge on any atom is -0.453 e. The summed E-state index contributed by atoms with van der Waals surface area (Å²) in [6, 6.07) is 4.24. The molecule has 12 heteroatoms. The smallest absolute Gasteiger partial charge is 0.409 e. The number of carbonyl (C=O) groups is 1. The second-order valence-corrected chi connectivity index (χ2v) is 11.6. The van der Waals surface area contributed by atoms with Gasteiger partial charge in [-0.15, -0.1) is 0 Å². The fourth-order valence-electron chi connectivity index (χ4n) is 6.61. The van der Waals surface area contributed by atoms with Gasteiger partial charge in [0.25, 0.3) is 0 Å². The second-order valence-electron chi connectivity index (χ2n) is 11.6. The van der Waals surface area contributed by atoms with Gasteiger partial charge in [0, 0.05) is 32.5 Å². The number of nitrogens with zero attached hydrogens (tertiary/aromatic N) is 3. The number of benzene rings is 1. The average molecular weight is 608 g/mol. The van der Waals surface area contributed by atoms with Crippen LogP contribution in [0.5, 0.6) is 0 Å². The van der Waals surface area contributed by atoms with Crippen LogP contribution in [0.3, 0.4) is 0 Å². The predicted molar refractivity (Wildman–Crippen MR) is 164 cm³/mol. The molecule has 4 atom stereocenters. The summed E-state index contributed by atoms with van der Waals surface area (Å²) >= 11 is 0. The number of halogens is 2. The number of methoxy groups -OCH3 is 1. The van der Waals surface area contributed by atoms with E-state index in [1.807, 2.05) is 6.07 Å². The number of rotatable bonds is 8. The van der Waals surface area contributed by atoms with E-state index < -0.39 is 17.7 Å². The Hall–Kier alpha value is -4.16. The Morgan fingerprint density at radius 1 is 1.20 bits per heavy atom. The van der Waals surface area contributed by atoms with Gasteiger partial charge in [0.15, 0.2) is 0 Å². The summed E-state index contributed by atoms with van der Waals surface area (Å²) < 4.78 is 40.1. The number of aromatic nitrogens is 3. The number of allylic oxidation sites excluding steroid dienone is 1. The highest BCUT2D eigenvalue weighted by atomic mass is 19.1. The molecular weight excluding hydrogens is 568 g/mol. The van der Waals surface area contributed by atoms with Crippen molar-refractivity contribution in [3.63, 3.8) is 0 Å². The Bertz CT molecular complexity index is 1490. The van der Waals surface area contributed by atoms with Crippen LogP contribution in [0.2, 0.25) is 0 Å². The molecule has 1 aliphatic carbocycles. The van der Waals surface area contributed by atoms with E-state index in [-0.39, 0.29) is 41.1 Å². The fraction of sp³-hybridized carbons (Fsp3) is 0.438. The standard InChI is InChI=1S/C32H39F2N7O3/c1-18-12-21(15-27(36)30(18)41(2)32(42)43-3)23-6-9-37-17-28(23)40-31-38-16-22(39-31)4-5-26(35)29-24(33)13-20(14-25(29)34)19-7-10-44-11-8-19/h4-6,9,13-14,16-19,21,27,30,35H,7-8,10-12,15,36H2,1-3H3,(H2,38,39,40)/b5-4-,35-26?/t18-,21+,27+,30-/m0/s1. The lowest BCUT2D eigenvalue weighted by Crippen LogP contribution is -2.55. The second kappa shape index (κ2) is 13.6.